The molecular weight excluding hydrogens is 353 g/mol. The van der Waals surface area contributed by atoms with Crippen LogP contribution in [0.25, 0.3) is 0 Å². The van der Waals surface area contributed by atoms with Gasteiger partial charge in [-0.05, 0) is 45.8 Å². The smallest absolute Gasteiger partial charge is 0.410 e. The number of hydrogen-bond acceptors (Lipinski definition) is 5. The fraction of sp³-hybridized carbons (Fsp3) is 1.00. The highest BCUT2D eigenvalue weighted by Crippen LogP contribution is 2.38. The van der Waals surface area contributed by atoms with Crippen LogP contribution in [0.2, 0.25) is 19.6 Å². The second kappa shape index (κ2) is 6.62. The van der Waals surface area contributed by atoms with E-state index in [9.17, 15) is 21.6 Å². The third-order valence-electron chi connectivity index (χ3n) is 3.79. The van der Waals surface area contributed by atoms with Gasteiger partial charge in [-0.25, -0.2) is 0 Å². The minimum atomic E-state index is -5.65. The van der Waals surface area contributed by atoms with Gasteiger partial charge in [0.25, 0.3) is 0 Å². The highest BCUT2D eigenvalue weighted by Gasteiger charge is 2.51. The Morgan fingerprint density at radius 3 is 2.22 bits per heavy atom. The zero-order chi connectivity index (χ0) is 18.3. The summed E-state index contributed by atoms with van der Waals surface area (Å²) in [5.74, 6) is 0.131. The summed E-state index contributed by atoms with van der Waals surface area (Å²) in [6, 6.07) is 0. The van der Waals surface area contributed by atoms with Gasteiger partial charge < -0.3 is 9.16 Å². The van der Waals surface area contributed by atoms with Gasteiger partial charge in [-0.3, -0.25) is 4.18 Å². The van der Waals surface area contributed by atoms with E-state index in [0.29, 0.717) is 6.42 Å². The monoisotopic (exact) mass is 378 g/mol. The maximum atomic E-state index is 12.4. The fourth-order valence-corrected chi connectivity index (χ4v) is 4.76. The van der Waals surface area contributed by atoms with Crippen molar-refractivity contribution in [1.29, 1.82) is 0 Å². The lowest BCUT2D eigenvalue weighted by atomic mass is 9.83. The van der Waals surface area contributed by atoms with Crippen LogP contribution >= 0.6 is 0 Å². The van der Waals surface area contributed by atoms with Crippen LogP contribution in [0.4, 0.5) is 13.2 Å². The molecule has 1 saturated heterocycles. The molecule has 23 heavy (non-hydrogen) atoms. The third kappa shape index (κ3) is 5.41. The van der Waals surface area contributed by atoms with Crippen LogP contribution < -0.4 is 0 Å². The number of ether oxygens (including phenoxy) is 1. The summed E-state index contributed by atoms with van der Waals surface area (Å²) < 4.78 is 75.4. The van der Waals surface area contributed by atoms with Gasteiger partial charge in [0, 0.05) is 0 Å². The SMILES string of the molecule is C[C@H]1C[C@](C)(O[Si](C)(C)C)[C@@H](COS(=O)(=O)C(F)(F)F)O[C@@H]1C. The normalized spacial score (nSPS) is 33.7. The van der Waals surface area contributed by atoms with Gasteiger partial charge in [-0.1, -0.05) is 6.92 Å². The molecule has 1 heterocycles. The summed E-state index contributed by atoms with van der Waals surface area (Å²) in [4.78, 5) is 0. The maximum Gasteiger partial charge on any atom is 0.523 e. The van der Waals surface area contributed by atoms with Crippen LogP contribution in [-0.4, -0.2) is 46.7 Å². The van der Waals surface area contributed by atoms with Crippen LogP contribution in [-0.2, 0) is 23.5 Å². The van der Waals surface area contributed by atoms with Gasteiger partial charge in [0.1, 0.15) is 6.10 Å². The topological polar surface area (TPSA) is 61.8 Å². The van der Waals surface area contributed by atoms with Crippen LogP contribution in [0.15, 0.2) is 0 Å². The molecule has 0 saturated carbocycles. The fourth-order valence-electron chi connectivity index (χ4n) is 2.71. The lowest BCUT2D eigenvalue weighted by molar-refractivity contribution is -0.185. The Labute approximate surface area is 136 Å². The van der Waals surface area contributed by atoms with Crippen LogP contribution in [0.1, 0.15) is 27.2 Å². The van der Waals surface area contributed by atoms with Gasteiger partial charge in [-0.2, -0.15) is 21.6 Å². The Balaban J connectivity index is 2.95. The molecule has 4 atom stereocenters. The Bertz CT molecular complexity index is 517. The molecule has 1 fully saturated rings. The van der Waals surface area contributed by atoms with Crippen molar-refractivity contribution in [1.82, 2.24) is 0 Å². The first-order chi connectivity index (χ1) is 10.1. The summed E-state index contributed by atoms with van der Waals surface area (Å²) in [7, 11) is -7.68. The molecule has 0 bridgehead atoms. The Hall–Kier alpha value is -0.163. The Morgan fingerprint density at radius 2 is 1.78 bits per heavy atom. The quantitative estimate of drug-likeness (QED) is 0.417. The number of halogens is 3. The van der Waals surface area contributed by atoms with Crippen molar-refractivity contribution in [2.75, 3.05) is 6.61 Å². The molecule has 0 aliphatic carbocycles. The van der Waals surface area contributed by atoms with Gasteiger partial charge >= 0.3 is 15.6 Å². The molecule has 0 N–H and O–H groups in total. The van der Waals surface area contributed by atoms with E-state index < -0.39 is 42.3 Å². The lowest BCUT2D eigenvalue weighted by Gasteiger charge is -2.48. The van der Waals surface area contributed by atoms with E-state index in [1.54, 1.807) is 13.8 Å². The summed E-state index contributed by atoms with van der Waals surface area (Å²) in [5.41, 5.74) is -6.34. The van der Waals surface area contributed by atoms with Crippen molar-refractivity contribution in [3.05, 3.63) is 0 Å². The molecule has 0 unspecified atom stereocenters. The molecular formula is C13H25F3O5SSi. The molecule has 10 heteroatoms. The Morgan fingerprint density at radius 1 is 1.26 bits per heavy atom. The molecule has 0 radical (unpaired) electrons. The molecule has 0 aromatic carbocycles. The highest BCUT2D eigenvalue weighted by atomic mass is 32.2. The molecule has 138 valence electrons. The standard InChI is InChI=1S/C13H25F3O5SSi/c1-9-7-12(3,21-23(4,5)6)11(20-10(9)2)8-19-22(17,18)13(14,15)16/h9-11H,7-8H2,1-6H3/t9-,10+,11+,12-/m0/s1. The van der Waals surface area contributed by atoms with E-state index in [2.05, 4.69) is 4.18 Å². The molecule has 0 spiro atoms. The largest absolute Gasteiger partial charge is 0.523 e. The molecule has 1 aliphatic heterocycles. The van der Waals surface area contributed by atoms with Gasteiger partial charge in [0.05, 0.1) is 18.3 Å². The van der Waals surface area contributed by atoms with Gasteiger partial charge in [-0.15, -0.1) is 0 Å². The van der Waals surface area contributed by atoms with Crippen molar-refractivity contribution in [2.24, 2.45) is 5.92 Å². The minimum absolute atomic E-state index is 0.131. The first kappa shape index (κ1) is 20.9. The zero-order valence-corrected chi connectivity index (χ0v) is 16.0. The second-order valence-electron chi connectivity index (χ2n) is 7.22. The van der Waals surface area contributed by atoms with Crippen molar-refractivity contribution in [3.63, 3.8) is 0 Å². The predicted octanol–water partition coefficient (Wildman–Crippen LogP) is 3.28. The van der Waals surface area contributed by atoms with E-state index >= 15 is 0 Å². The first-order valence-corrected chi connectivity index (χ1v) is 12.2. The summed E-state index contributed by atoms with van der Waals surface area (Å²) >= 11 is 0. The van der Waals surface area contributed by atoms with E-state index in [-0.39, 0.29) is 12.0 Å². The van der Waals surface area contributed by atoms with Crippen molar-refractivity contribution in [3.8, 4) is 0 Å². The molecule has 0 aromatic rings. The first-order valence-electron chi connectivity index (χ1n) is 7.39. The number of rotatable bonds is 5. The maximum absolute atomic E-state index is 12.4. The number of alkyl halides is 3. The van der Waals surface area contributed by atoms with Crippen molar-refractivity contribution < 1.29 is 34.9 Å². The van der Waals surface area contributed by atoms with Crippen LogP contribution in [0, 0.1) is 5.92 Å². The lowest BCUT2D eigenvalue weighted by Crippen LogP contribution is -2.58. The predicted molar refractivity (Wildman–Crippen MR) is 81.9 cm³/mol. The highest BCUT2D eigenvalue weighted by molar-refractivity contribution is 7.87. The summed E-state index contributed by atoms with van der Waals surface area (Å²) in [6.07, 6.45) is -0.563. The zero-order valence-electron chi connectivity index (χ0n) is 14.2. The number of hydrogen-bond donors (Lipinski definition) is 0. The molecule has 5 nitrogen and oxygen atoms in total. The molecule has 0 aromatic heterocycles. The van der Waals surface area contributed by atoms with Crippen LogP contribution in [0.3, 0.4) is 0 Å². The molecule has 1 aliphatic rings. The van der Waals surface area contributed by atoms with E-state index in [1.165, 1.54) is 0 Å². The van der Waals surface area contributed by atoms with Gasteiger partial charge in [0.2, 0.25) is 0 Å². The molecule has 0 amide bonds. The van der Waals surface area contributed by atoms with Gasteiger partial charge in [0.15, 0.2) is 8.32 Å². The minimum Gasteiger partial charge on any atom is -0.410 e. The molecule has 1 rings (SSSR count). The Kier molecular flexibility index (Phi) is 6.01. The van der Waals surface area contributed by atoms with Crippen molar-refractivity contribution >= 4 is 18.4 Å². The summed E-state index contributed by atoms with van der Waals surface area (Å²) in [5, 5.41) is 0. The van der Waals surface area contributed by atoms with E-state index in [0.717, 1.165) is 0 Å². The second-order valence-corrected chi connectivity index (χ2v) is 13.3. The van der Waals surface area contributed by atoms with E-state index in [4.69, 9.17) is 9.16 Å². The van der Waals surface area contributed by atoms with E-state index in [1.807, 2.05) is 26.6 Å². The average molecular weight is 378 g/mol. The third-order valence-corrected chi connectivity index (χ3v) is 5.88. The summed E-state index contributed by atoms with van der Waals surface area (Å²) in [6.45, 7) is 10.6. The van der Waals surface area contributed by atoms with Crippen LogP contribution in [0.5, 0.6) is 0 Å². The average Bonchev–Trinajstić information content (AvgIpc) is 2.28. The van der Waals surface area contributed by atoms with Crippen molar-refractivity contribution in [2.45, 2.75) is 70.2 Å².